The van der Waals surface area contributed by atoms with Crippen molar-refractivity contribution in [3.63, 3.8) is 0 Å². The second kappa shape index (κ2) is 5.54. The van der Waals surface area contributed by atoms with E-state index in [1.165, 1.54) is 0 Å². The smallest absolute Gasteiger partial charge is 0.246 e. The molecule has 0 aliphatic rings. The summed E-state index contributed by atoms with van der Waals surface area (Å²) in [4.78, 5) is 11.8. The van der Waals surface area contributed by atoms with E-state index in [4.69, 9.17) is 11.6 Å². The summed E-state index contributed by atoms with van der Waals surface area (Å²) in [6, 6.07) is 5.49. The van der Waals surface area contributed by atoms with Crippen molar-refractivity contribution in [1.29, 1.82) is 0 Å². The quantitative estimate of drug-likeness (QED) is 0.940. The van der Waals surface area contributed by atoms with Gasteiger partial charge in [-0.2, -0.15) is 5.10 Å². The molecule has 1 aromatic heterocycles. The molecule has 4 nitrogen and oxygen atoms in total. The number of rotatable bonds is 3. The van der Waals surface area contributed by atoms with Crippen LogP contribution in [0.2, 0.25) is 5.02 Å². The van der Waals surface area contributed by atoms with Gasteiger partial charge in [-0.25, -0.2) is 0 Å². The molecule has 94 valence electrons. The Morgan fingerprint density at radius 3 is 2.94 bits per heavy atom. The Hall–Kier alpha value is -1.33. The normalized spacial score (nSPS) is 10.4. The summed E-state index contributed by atoms with van der Waals surface area (Å²) < 4.78 is 2.38. The lowest BCUT2D eigenvalue weighted by molar-refractivity contribution is -0.116. The fourth-order valence-electron chi connectivity index (χ4n) is 1.48. The van der Waals surface area contributed by atoms with E-state index in [0.717, 1.165) is 10.0 Å². The molecule has 1 N–H and O–H groups in total. The number of benzene rings is 1. The molecule has 0 saturated heterocycles. The first-order valence-corrected chi connectivity index (χ1v) is 6.45. The number of aryl methyl sites for hydroxylation is 1. The number of hydrogen-bond acceptors (Lipinski definition) is 2. The van der Waals surface area contributed by atoms with Gasteiger partial charge in [-0.3, -0.25) is 9.48 Å². The number of nitrogens with one attached hydrogen (secondary N) is 1. The Bertz CT molecular complexity index is 582. The maximum Gasteiger partial charge on any atom is 0.246 e. The second-order valence-corrected chi connectivity index (χ2v) is 5.21. The summed E-state index contributed by atoms with van der Waals surface area (Å²) in [6.07, 6.45) is 3.36. The second-order valence-electron chi connectivity index (χ2n) is 3.89. The highest BCUT2D eigenvalue weighted by Crippen LogP contribution is 2.22. The monoisotopic (exact) mass is 327 g/mol. The van der Waals surface area contributed by atoms with Crippen LogP contribution in [0.25, 0.3) is 0 Å². The van der Waals surface area contributed by atoms with Gasteiger partial charge in [0, 0.05) is 6.20 Å². The van der Waals surface area contributed by atoms with Crippen molar-refractivity contribution < 1.29 is 4.79 Å². The molecule has 0 saturated carbocycles. The first-order chi connectivity index (χ1) is 8.54. The lowest BCUT2D eigenvalue weighted by atomic mass is 10.2. The average molecular weight is 329 g/mol. The Balaban J connectivity index is 2.03. The lowest BCUT2D eigenvalue weighted by Crippen LogP contribution is -2.19. The van der Waals surface area contributed by atoms with Gasteiger partial charge in [0.05, 0.1) is 21.4 Å². The van der Waals surface area contributed by atoms with E-state index >= 15 is 0 Å². The summed E-state index contributed by atoms with van der Waals surface area (Å²) in [5, 5.41) is 7.29. The van der Waals surface area contributed by atoms with E-state index in [-0.39, 0.29) is 12.5 Å². The van der Waals surface area contributed by atoms with Crippen LogP contribution in [-0.2, 0) is 11.3 Å². The zero-order valence-electron chi connectivity index (χ0n) is 9.65. The molecule has 0 radical (unpaired) electrons. The molecular formula is C12H11BrClN3O. The molecule has 0 aliphatic carbocycles. The van der Waals surface area contributed by atoms with Crippen LogP contribution >= 0.6 is 27.5 Å². The van der Waals surface area contributed by atoms with E-state index in [9.17, 15) is 4.79 Å². The minimum atomic E-state index is -0.170. The highest BCUT2D eigenvalue weighted by atomic mass is 79.9. The van der Waals surface area contributed by atoms with Crippen molar-refractivity contribution in [2.75, 3.05) is 5.32 Å². The molecule has 1 aromatic carbocycles. The average Bonchev–Trinajstić information content (AvgIpc) is 2.68. The number of anilines is 1. The van der Waals surface area contributed by atoms with E-state index in [0.29, 0.717) is 10.7 Å². The fourth-order valence-corrected chi connectivity index (χ4v) is 2.09. The van der Waals surface area contributed by atoms with Gasteiger partial charge in [-0.1, -0.05) is 17.7 Å². The van der Waals surface area contributed by atoms with Crippen LogP contribution < -0.4 is 5.32 Å². The Kier molecular flexibility index (Phi) is 4.04. The molecule has 2 aromatic rings. The minimum Gasteiger partial charge on any atom is -0.323 e. The number of carbonyl (C=O) groups is 1. The van der Waals surface area contributed by atoms with Gasteiger partial charge in [-0.05, 0) is 40.5 Å². The number of aromatic nitrogens is 2. The summed E-state index contributed by atoms with van der Waals surface area (Å²) in [5.74, 6) is -0.170. The predicted molar refractivity (Wildman–Crippen MR) is 74.7 cm³/mol. The van der Waals surface area contributed by atoms with Crippen molar-refractivity contribution in [2.24, 2.45) is 0 Å². The highest BCUT2D eigenvalue weighted by molar-refractivity contribution is 9.10. The van der Waals surface area contributed by atoms with E-state index < -0.39 is 0 Å². The van der Waals surface area contributed by atoms with Crippen molar-refractivity contribution >= 4 is 39.1 Å². The fraction of sp³-hybridized carbons (Fsp3) is 0.167. The van der Waals surface area contributed by atoms with Gasteiger partial charge >= 0.3 is 0 Å². The minimum absolute atomic E-state index is 0.149. The third kappa shape index (κ3) is 3.34. The molecular weight excluding hydrogens is 318 g/mol. The number of carbonyl (C=O) groups excluding carboxylic acids is 1. The van der Waals surface area contributed by atoms with Gasteiger partial charge in [0.15, 0.2) is 0 Å². The predicted octanol–water partition coefficient (Wildman–Crippen LogP) is 3.25. The summed E-state index contributed by atoms with van der Waals surface area (Å²) in [7, 11) is 0. The van der Waals surface area contributed by atoms with E-state index in [2.05, 4.69) is 26.3 Å². The molecule has 2 rings (SSSR count). The zero-order chi connectivity index (χ0) is 13.1. The third-order valence-corrected chi connectivity index (χ3v) is 3.03. The Morgan fingerprint density at radius 2 is 2.33 bits per heavy atom. The highest BCUT2D eigenvalue weighted by Gasteiger charge is 2.07. The molecule has 0 aliphatic heterocycles. The van der Waals surface area contributed by atoms with Crippen molar-refractivity contribution in [3.05, 3.63) is 45.7 Å². The van der Waals surface area contributed by atoms with Crippen molar-refractivity contribution in [2.45, 2.75) is 13.5 Å². The van der Waals surface area contributed by atoms with Gasteiger partial charge in [0.2, 0.25) is 5.91 Å². The molecule has 0 spiro atoms. The van der Waals surface area contributed by atoms with E-state index in [1.807, 2.05) is 19.1 Å². The number of halogens is 2. The SMILES string of the molecule is Cc1ccc(NC(=O)Cn2cc(Br)cn2)c(Cl)c1. The summed E-state index contributed by atoms with van der Waals surface area (Å²) >= 11 is 9.31. The zero-order valence-corrected chi connectivity index (χ0v) is 12.0. The Morgan fingerprint density at radius 1 is 1.56 bits per heavy atom. The van der Waals surface area contributed by atoms with Gasteiger partial charge in [0.1, 0.15) is 6.54 Å². The molecule has 0 atom stereocenters. The molecule has 1 amide bonds. The maximum absolute atomic E-state index is 11.8. The molecule has 6 heteroatoms. The number of hydrogen-bond donors (Lipinski definition) is 1. The van der Waals surface area contributed by atoms with Crippen molar-refractivity contribution in [1.82, 2.24) is 9.78 Å². The van der Waals surface area contributed by atoms with Crippen molar-refractivity contribution in [3.8, 4) is 0 Å². The van der Waals surface area contributed by atoms with Gasteiger partial charge in [-0.15, -0.1) is 0 Å². The lowest BCUT2D eigenvalue weighted by Gasteiger charge is -2.07. The number of nitrogens with zero attached hydrogens (tertiary/aromatic N) is 2. The first kappa shape index (κ1) is 13.1. The van der Waals surface area contributed by atoms with Crippen LogP contribution in [0.4, 0.5) is 5.69 Å². The Labute approximate surface area is 118 Å². The van der Waals surface area contributed by atoms with Crippen LogP contribution in [0.15, 0.2) is 35.1 Å². The molecule has 0 bridgehead atoms. The van der Waals surface area contributed by atoms with Crippen LogP contribution in [-0.4, -0.2) is 15.7 Å². The maximum atomic E-state index is 11.8. The van der Waals surface area contributed by atoms with E-state index in [1.54, 1.807) is 23.1 Å². The first-order valence-electron chi connectivity index (χ1n) is 5.28. The standard InChI is InChI=1S/C12H11BrClN3O/c1-8-2-3-11(10(14)4-8)16-12(18)7-17-6-9(13)5-15-17/h2-6H,7H2,1H3,(H,16,18). The van der Waals surface area contributed by atoms with Gasteiger partial charge in [0.25, 0.3) is 0 Å². The van der Waals surface area contributed by atoms with Crippen LogP contribution in [0.5, 0.6) is 0 Å². The molecule has 0 unspecified atom stereocenters. The van der Waals surface area contributed by atoms with Gasteiger partial charge < -0.3 is 5.32 Å². The van der Waals surface area contributed by atoms with Crippen LogP contribution in [0.3, 0.4) is 0 Å². The molecule has 1 heterocycles. The molecule has 18 heavy (non-hydrogen) atoms. The summed E-state index contributed by atoms with van der Waals surface area (Å²) in [6.45, 7) is 2.09. The number of amides is 1. The van der Waals surface area contributed by atoms with Crippen LogP contribution in [0.1, 0.15) is 5.56 Å². The molecule has 0 fully saturated rings. The largest absolute Gasteiger partial charge is 0.323 e. The summed E-state index contributed by atoms with van der Waals surface area (Å²) in [5.41, 5.74) is 1.66. The third-order valence-electron chi connectivity index (χ3n) is 2.31. The topological polar surface area (TPSA) is 46.9 Å². The van der Waals surface area contributed by atoms with Crippen LogP contribution in [0, 0.1) is 6.92 Å².